The van der Waals surface area contributed by atoms with Crippen molar-refractivity contribution in [3.05, 3.63) is 29.3 Å². The number of carboxylic acids is 1. The molecule has 0 aliphatic carbocycles. The summed E-state index contributed by atoms with van der Waals surface area (Å²) in [5.74, 6) is -1.83. The number of hydrogen-bond donors (Lipinski definition) is 1. The number of rotatable bonds is 7. The number of carboxylic acid groups (broad SMARTS) is 1. The van der Waals surface area contributed by atoms with Gasteiger partial charge >= 0.3 is 12.1 Å². The lowest BCUT2D eigenvalue weighted by Gasteiger charge is -2.13. The number of Topliss-reactive ketones (excluding diaryl/α,β-unsaturated/α-hetero) is 1. The molecule has 1 aromatic rings. The van der Waals surface area contributed by atoms with Crippen LogP contribution in [0.3, 0.4) is 0 Å². The number of ether oxygens (including phenoxy) is 1. The quantitative estimate of drug-likeness (QED) is 0.783. The van der Waals surface area contributed by atoms with E-state index in [0.29, 0.717) is 12.5 Å². The summed E-state index contributed by atoms with van der Waals surface area (Å²) in [6, 6.07) is 2.63. The molecule has 0 amide bonds. The number of carbonyl (C=O) groups excluding carboxylic acids is 1. The second kappa shape index (κ2) is 7.10. The van der Waals surface area contributed by atoms with Gasteiger partial charge in [0.05, 0.1) is 24.2 Å². The predicted molar refractivity (Wildman–Crippen MR) is 68.4 cm³/mol. The highest BCUT2D eigenvalue weighted by molar-refractivity contribution is 6.00. The van der Waals surface area contributed by atoms with Crippen molar-refractivity contribution in [2.24, 2.45) is 0 Å². The lowest BCUT2D eigenvalue weighted by molar-refractivity contribution is -0.138. The molecule has 0 fully saturated rings. The number of carbonyl (C=O) groups is 2. The first kappa shape index (κ1) is 17.0. The third kappa shape index (κ3) is 5.09. The van der Waals surface area contributed by atoms with E-state index in [4.69, 9.17) is 9.84 Å². The Hall–Kier alpha value is -2.05. The molecule has 0 spiro atoms. The summed E-state index contributed by atoms with van der Waals surface area (Å²) in [6.45, 7) is 2.07. The van der Waals surface area contributed by atoms with Gasteiger partial charge in [-0.2, -0.15) is 13.2 Å². The summed E-state index contributed by atoms with van der Waals surface area (Å²) in [6.07, 6.45) is -4.77. The second-order valence-electron chi connectivity index (χ2n) is 4.37. The van der Waals surface area contributed by atoms with E-state index in [1.807, 2.05) is 6.92 Å². The van der Waals surface area contributed by atoms with Crippen molar-refractivity contribution in [2.75, 3.05) is 6.61 Å². The van der Waals surface area contributed by atoms with Gasteiger partial charge in [0, 0.05) is 6.42 Å². The fourth-order valence-electron chi connectivity index (χ4n) is 1.62. The predicted octanol–water partition coefficient (Wildman–Crippen LogP) is 3.54. The van der Waals surface area contributed by atoms with Gasteiger partial charge in [-0.3, -0.25) is 9.59 Å². The van der Waals surface area contributed by atoms with Gasteiger partial charge in [-0.05, 0) is 24.6 Å². The van der Waals surface area contributed by atoms with Crippen molar-refractivity contribution in [3.8, 4) is 5.75 Å². The summed E-state index contributed by atoms with van der Waals surface area (Å²) < 4.78 is 43.3. The number of halogens is 3. The van der Waals surface area contributed by atoms with Gasteiger partial charge in [0.1, 0.15) is 5.75 Å². The minimum absolute atomic E-state index is 0.0419. The topological polar surface area (TPSA) is 63.6 Å². The first-order chi connectivity index (χ1) is 9.75. The summed E-state index contributed by atoms with van der Waals surface area (Å²) in [5.41, 5.74) is -1.20. The van der Waals surface area contributed by atoms with Crippen LogP contribution in [0.5, 0.6) is 5.75 Å². The number of aliphatic carboxylic acids is 1. The van der Waals surface area contributed by atoms with Gasteiger partial charge in [-0.15, -0.1) is 0 Å². The summed E-state index contributed by atoms with van der Waals surface area (Å²) in [4.78, 5) is 22.4. The third-order valence-electron chi connectivity index (χ3n) is 2.63. The highest BCUT2D eigenvalue weighted by Crippen LogP contribution is 2.33. The maximum atomic E-state index is 12.7. The number of hydrogen-bond acceptors (Lipinski definition) is 3. The zero-order chi connectivity index (χ0) is 16.0. The van der Waals surface area contributed by atoms with Crippen LogP contribution in [0.2, 0.25) is 0 Å². The lowest BCUT2D eigenvalue weighted by atomic mass is 10.0. The van der Waals surface area contributed by atoms with Crippen LogP contribution in [0.25, 0.3) is 0 Å². The van der Waals surface area contributed by atoms with Gasteiger partial charge in [0.15, 0.2) is 5.78 Å². The maximum Gasteiger partial charge on any atom is 0.416 e. The summed E-state index contributed by atoms with van der Waals surface area (Å²) in [7, 11) is 0. The second-order valence-corrected chi connectivity index (χ2v) is 4.37. The average Bonchev–Trinajstić information content (AvgIpc) is 2.41. The molecule has 0 aliphatic heterocycles. The minimum Gasteiger partial charge on any atom is -0.493 e. The van der Waals surface area contributed by atoms with Gasteiger partial charge < -0.3 is 9.84 Å². The van der Waals surface area contributed by atoms with Crippen molar-refractivity contribution in [3.63, 3.8) is 0 Å². The van der Waals surface area contributed by atoms with Crippen molar-refractivity contribution in [1.29, 1.82) is 0 Å². The minimum atomic E-state index is -4.58. The van der Waals surface area contributed by atoms with Crippen LogP contribution in [-0.2, 0) is 11.0 Å². The van der Waals surface area contributed by atoms with E-state index >= 15 is 0 Å². The molecule has 0 radical (unpaired) electrons. The zero-order valence-corrected chi connectivity index (χ0v) is 11.4. The highest BCUT2D eigenvalue weighted by Gasteiger charge is 2.32. The van der Waals surface area contributed by atoms with E-state index in [1.54, 1.807) is 0 Å². The van der Waals surface area contributed by atoms with Crippen LogP contribution in [0.4, 0.5) is 13.2 Å². The van der Waals surface area contributed by atoms with E-state index in [-0.39, 0.29) is 24.3 Å². The van der Waals surface area contributed by atoms with E-state index < -0.39 is 29.9 Å². The number of benzene rings is 1. The molecule has 0 saturated carbocycles. The Morgan fingerprint density at radius 2 is 1.90 bits per heavy atom. The Labute approximate surface area is 119 Å². The van der Waals surface area contributed by atoms with Crippen molar-refractivity contribution in [2.45, 2.75) is 32.4 Å². The highest BCUT2D eigenvalue weighted by atomic mass is 19.4. The third-order valence-corrected chi connectivity index (χ3v) is 2.63. The lowest BCUT2D eigenvalue weighted by Crippen LogP contribution is -2.11. The van der Waals surface area contributed by atoms with Gasteiger partial charge in [0.25, 0.3) is 0 Å². The van der Waals surface area contributed by atoms with Crippen LogP contribution in [0.1, 0.15) is 42.1 Å². The molecule has 0 aliphatic rings. The molecule has 0 atom stereocenters. The van der Waals surface area contributed by atoms with Crippen molar-refractivity contribution >= 4 is 11.8 Å². The molecule has 0 heterocycles. The average molecular weight is 304 g/mol. The molecule has 0 aromatic heterocycles. The number of alkyl halides is 3. The maximum absolute atomic E-state index is 12.7. The Bertz CT molecular complexity index is 523. The van der Waals surface area contributed by atoms with Gasteiger partial charge in [-0.25, -0.2) is 0 Å². The van der Waals surface area contributed by atoms with Gasteiger partial charge in [-0.1, -0.05) is 6.92 Å². The molecule has 21 heavy (non-hydrogen) atoms. The van der Waals surface area contributed by atoms with E-state index in [0.717, 1.165) is 12.1 Å². The smallest absolute Gasteiger partial charge is 0.416 e. The molecule has 0 bridgehead atoms. The Morgan fingerprint density at radius 1 is 1.24 bits per heavy atom. The Morgan fingerprint density at radius 3 is 2.43 bits per heavy atom. The first-order valence-electron chi connectivity index (χ1n) is 6.34. The molecular formula is C14H15F3O4. The first-order valence-corrected chi connectivity index (χ1v) is 6.34. The standard InChI is InChI=1S/C14H15F3O4/c1-2-7-21-12-5-3-9(14(15,16)17)8-10(12)11(18)4-6-13(19)20/h3,5,8H,2,4,6-7H2,1H3,(H,19,20). The molecule has 1 aromatic carbocycles. The Balaban J connectivity index is 3.09. The largest absolute Gasteiger partial charge is 0.493 e. The van der Waals surface area contributed by atoms with E-state index in [9.17, 15) is 22.8 Å². The summed E-state index contributed by atoms with van der Waals surface area (Å²) >= 11 is 0. The normalized spacial score (nSPS) is 11.2. The monoisotopic (exact) mass is 304 g/mol. The van der Waals surface area contributed by atoms with Crippen molar-refractivity contribution < 1.29 is 32.6 Å². The number of ketones is 1. The SMILES string of the molecule is CCCOc1ccc(C(F)(F)F)cc1C(=O)CCC(=O)O. The molecule has 1 rings (SSSR count). The van der Waals surface area contributed by atoms with Crippen LogP contribution >= 0.6 is 0 Å². The molecular weight excluding hydrogens is 289 g/mol. The molecule has 0 saturated heterocycles. The fourth-order valence-corrected chi connectivity index (χ4v) is 1.62. The Kier molecular flexibility index (Phi) is 5.75. The van der Waals surface area contributed by atoms with E-state index in [1.165, 1.54) is 0 Å². The van der Waals surface area contributed by atoms with E-state index in [2.05, 4.69) is 0 Å². The molecule has 1 N–H and O–H groups in total. The fraction of sp³-hybridized carbons (Fsp3) is 0.429. The zero-order valence-electron chi connectivity index (χ0n) is 11.4. The molecule has 7 heteroatoms. The van der Waals surface area contributed by atoms with Gasteiger partial charge in [0.2, 0.25) is 0 Å². The summed E-state index contributed by atoms with van der Waals surface area (Å²) in [5, 5.41) is 8.54. The van der Waals surface area contributed by atoms with Crippen LogP contribution in [-0.4, -0.2) is 23.5 Å². The van der Waals surface area contributed by atoms with Crippen molar-refractivity contribution in [1.82, 2.24) is 0 Å². The molecule has 116 valence electrons. The molecule has 0 unspecified atom stereocenters. The van der Waals surface area contributed by atoms with Crippen LogP contribution in [0, 0.1) is 0 Å². The van der Waals surface area contributed by atoms with Crippen LogP contribution in [0.15, 0.2) is 18.2 Å². The molecule has 4 nitrogen and oxygen atoms in total. The van der Waals surface area contributed by atoms with Crippen LogP contribution < -0.4 is 4.74 Å².